The fourth-order valence-corrected chi connectivity index (χ4v) is 3.48. The van der Waals surface area contributed by atoms with Gasteiger partial charge in [-0.2, -0.15) is 0 Å². The maximum absolute atomic E-state index is 6.00. The van der Waals surface area contributed by atoms with Crippen molar-refractivity contribution in [2.24, 2.45) is 11.8 Å². The minimum absolute atomic E-state index is 0.601. The predicted molar refractivity (Wildman–Crippen MR) is 69.1 cm³/mol. The van der Waals surface area contributed by atoms with Gasteiger partial charge in [0.2, 0.25) is 0 Å². The number of halogens is 1. The smallest absolute Gasteiger partial charge is 0.112 e. The first-order valence-electron chi connectivity index (χ1n) is 6.15. The number of rotatable bonds is 1. The largest absolute Gasteiger partial charge is 0.397 e. The molecule has 88 valence electrons. The van der Waals surface area contributed by atoms with Crippen LogP contribution in [-0.2, 0) is 0 Å². The molecule has 0 aliphatic heterocycles. The average molecular weight is 248 g/mol. The number of H-pyrrole nitrogens is 1. The summed E-state index contributed by atoms with van der Waals surface area (Å²) < 4.78 is 0. The Morgan fingerprint density at radius 1 is 1.24 bits per heavy atom. The number of aromatic nitrogens is 2. The van der Waals surface area contributed by atoms with Crippen molar-refractivity contribution >= 4 is 28.3 Å². The summed E-state index contributed by atoms with van der Waals surface area (Å²) in [5.41, 5.74) is 8.43. The molecule has 0 spiro atoms. The average Bonchev–Trinajstić information content (AvgIpc) is 2.76. The lowest BCUT2D eigenvalue weighted by atomic mass is 10.0. The summed E-state index contributed by atoms with van der Waals surface area (Å²) in [6, 6.07) is 3.67. The number of aromatic amines is 1. The molecular formula is C13H14ClN3. The number of fused-ring (bicyclic) bond motifs is 2. The summed E-state index contributed by atoms with van der Waals surface area (Å²) in [7, 11) is 0. The molecule has 0 bridgehead atoms. The second-order valence-electron chi connectivity index (χ2n) is 5.44. The van der Waals surface area contributed by atoms with E-state index in [1.165, 1.54) is 19.3 Å². The van der Waals surface area contributed by atoms with Gasteiger partial charge in [0.1, 0.15) is 11.3 Å². The van der Waals surface area contributed by atoms with Crippen LogP contribution in [0.2, 0.25) is 5.02 Å². The molecule has 0 radical (unpaired) electrons. The van der Waals surface area contributed by atoms with E-state index in [9.17, 15) is 0 Å². The molecule has 2 unspecified atom stereocenters. The van der Waals surface area contributed by atoms with Crippen LogP contribution in [0.25, 0.3) is 11.0 Å². The number of nitrogen functional groups attached to an aromatic ring is 1. The predicted octanol–water partition coefficient (Wildman–Crippen LogP) is 3.31. The second-order valence-corrected chi connectivity index (χ2v) is 5.87. The van der Waals surface area contributed by atoms with E-state index in [-0.39, 0.29) is 0 Å². The van der Waals surface area contributed by atoms with Gasteiger partial charge in [0.05, 0.1) is 11.2 Å². The number of anilines is 1. The van der Waals surface area contributed by atoms with Gasteiger partial charge in [-0.15, -0.1) is 0 Å². The van der Waals surface area contributed by atoms with Crippen LogP contribution in [0.4, 0.5) is 5.69 Å². The van der Waals surface area contributed by atoms with Crippen LogP contribution >= 0.6 is 11.6 Å². The third kappa shape index (κ3) is 1.45. The monoisotopic (exact) mass is 247 g/mol. The third-order valence-corrected chi connectivity index (χ3v) is 4.45. The van der Waals surface area contributed by atoms with Crippen molar-refractivity contribution in [3.63, 3.8) is 0 Å². The van der Waals surface area contributed by atoms with Crippen LogP contribution in [-0.4, -0.2) is 9.97 Å². The molecule has 2 aliphatic carbocycles. The molecule has 4 heteroatoms. The highest BCUT2D eigenvalue weighted by atomic mass is 35.5. The zero-order valence-corrected chi connectivity index (χ0v) is 10.2. The van der Waals surface area contributed by atoms with Crippen molar-refractivity contribution < 1.29 is 0 Å². The van der Waals surface area contributed by atoms with Crippen LogP contribution in [0, 0.1) is 11.8 Å². The van der Waals surface area contributed by atoms with Gasteiger partial charge in [0.25, 0.3) is 0 Å². The van der Waals surface area contributed by atoms with Crippen molar-refractivity contribution in [1.82, 2.24) is 9.97 Å². The Bertz CT molecular complexity index is 594. The number of nitrogens with two attached hydrogens (primary N) is 1. The molecule has 4 rings (SSSR count). The Kier molecular flexibility index (Phi) is 1.82. The summed E-state index contributed by atoms with van der Waals surface area (Å²) in [6.45, 7) is 0. The Morgan fingerprint density at radius 2 is 2.00 bits per heavy atom. The zero-order valence-electron chi connectivity index (χ0n) is 9.41. The number of hydrogen-bond acceptors (Lipinski definition) is 2. The molecule has 1 aromatic carbocycles. The molecular weight excluding hydrogens is 234 g/mol. The van der Waals surface area contributed by atoms with Crippen LogP contribution in [0.3, 0.4) is 0 Å². The van der Waals surface area contributed by atoms with Gasteiger partial charge in [-0.05, 0) is 43.2 Å². The number of nitrogens with one attached hydrogen (secondary N) is 1. The molecule has 2 fully saturated rings. The first kappa shape index (κ1) is 9.77. The van der Waals surface area contributed by atoms with Crippen molar-refractivity contribution in [3.05, 3.63) is 23.0 Å². The van der Waals surface area contributed by atoms with E-state index in [1.807, 2.05) is 6.07 Å². The first-order valence-corrected chi connectivity index (χ1v) is 6.53. The summed E-state index contributed by atoms with van der Waals surface area (Å²) >= 11 is 6.00. The number of benzene rings is 1. The number of hydrogen-bond donors (Lipinski definition) is 2. The molecule has 2 atom stereocenters. The van der Waals surface area contributed by atoms with E-state index in [0.29, 0.717) is 16.6 Å². The lowest BCUT2D eigenvalue weighted by Gasteiger charge is -2.06. The Labute approximate surface area is 104 Å². The van der Waals surface area contributed by atoms with Gasteiger partial charge in [-0.1, -0.05) is 11.6 Å². The highest BCUT2D eigenvalue weighted by Gasteiger charge is 2.47. The normalized spacial score (nSPS) is 30.8. The van der Waals surface area contributed by atoms with Crippen LogP contribution in [0.5, 0.6) is 0 Å². The number of nitrogens with zero attached hydrogens (tertiary/aromatic N) is 1. The second kappa shape index (κ2) is 3.16. The standard InChI is InChI=1S/C13H14ClN3/c14-9-4-10(15)12-11(5-9)16-13(17-12)8-2-6-1-7(6)3-8/h4-8H,1-3,15H2,(H,16,17). The van der Waals surface area contributed by atoms with Crippen molar-refractivity contribution in [3.8, 4) is 0 Å². The van der Waals surface area contributed by atoms with Crippen molar-refractivity contribution in [2.75, 3.05) is 5.73 Å². The Morgan fingerprint density at radius 3 is 2.76 bits per heavy atom. The lowest BCUT2D eigenvalue weighted by molar-refractivity contribution is 0.597. The van der Waals surface area contributed by atoms with Crippen molar-refractivity contribution in [2.45, 2.75) is 25.2 Å². The minimum atomic E-state index is 0.601. The van der Waals surface area contributed by atoms with E-state index in [2.05, 4.69) is 9.97 Å². The van der Waals surface area contributed by atoms with Crippen LogP contribution < -0.4 is 5.73 Å². The first-order chi connectivity index (χ1) is 8.20. The molecule has 0 saturated heterocycles. The van der Waals surface area contributed by atoms with Gasteiger partial charge in [-0.3, -0.25) is 0 Å². The SMILES string of the molecule is Nc1cc(Cl)cc2[nH]c(C3CC4CC4C3)nc12. The fraction of sp³-hybridized carbons (Fsp3) is 0.462. The maximum atomic E-state index is 6.00. The van der Waals surface area contributed by atoms with Gasteiger partial charge >= 0.3 is 0 Å². The van der Waals surface area contributed by atoms with Crippen LogP contribution in [0.1, 0.15) is 31.0 Å². The van der Waals surface area contributed by atoms with E-state index in [0.717, 1.165) is 28.7 Å². The van der Waals surface area contributed by atoms with E-state index >= 15 is 0 Å². The summed E-state index contributed by atoms with van der Waals surface area (Å²) in [4.78, 5) is 8.04. The summed E-state index contributed by atoms with van der Waals surface area (Å²) in [5, 5.41) is 0.666. The third-order valence-electron chi connectivity index (χ3n) is 4.23. The molecule has 3 nitrogen and oxygen atoms in total. The van der Waals surface area contributed by atoms with E-state index in [1.54, 1.807) is 6.07 Å². The quantitative estimate of drug-likeness (QED) is 0.760. The molecule has 2 aromatic rings. The Balaban J connectivity index is 1.79. The van der Waals surface area contributed by atoms with E-state index < -0.39 is 0 Å². The van der Waals surface area contributed by atoms with E-state index in [4.69, 9.17) is 17.3 Å². The van der Waals surface area contributed by atoms with Gasteiger partial charge in [-0.25, -0.2) is 4.98 Å². The highest BCUT2D eigenvalue weighted by molar-refractivity contribution is 6.31. The molecule has 2 saturated carbocycles. The highest BCUT2D eigenvalue weighted by Crippen LogP contribution is 2.57. The van der Waals surface area contributed by atoms with Gasteiger partial charge < -0.3 is 10.7 Å². The summed E-state index contributed by atoms with van der Waals surface area (Å²) in [6.07, 6.45) is 4.01. The zero-order chi connectivity index (χ0) is 11.6. The molecule has 0 amide bonds. The maximum Gasteiger partial charge on any atom is 0.112 e. The molecule has 3 N–H and O–H groups in total. The summed E-state index contributed by atoms with van der Waals surface area (Å²) in [5.74, 6) is 3.63. The minimum Gasteiger partial charge on any atom is -0.397 e. The molecule has 17 heavy (non-hydrogen) atoms. The van der Waals surface area contributed by atoms with Gasteiger partial charge in [0.15, 0.2) is 0 Å². The molecule has 1 aromatic heterocycles. The lowest BCUT2D eigenvalue weighted by Crippen LogP contribution is -1.97. The topological polar surface area (TPSA) is 54.7 Å². The Hall–Kier alpha value is -1.22. The van der Waals surface area contributed by atoms with Crippen LogP contribution in [0.15, 0.2) is 12.1 Å². The van der Waals surface area contributed by atoms with Gasteiger partial charge in [0, 0.05) is 10.9 Å². The fourth-order valence-electron chi connectivity index (χ4n) is 3.26. The number of imidazole rings is 1. The van der Waals surface area contributed by atoms with Crippen molar-refractivity contribution in [1.29, 1.82) is 0 Å². The molecule has 1 heterocycles. The molecule has 2 aliphatic rings.